The molecule has 0 aliphatic rings. The maximum Gasteiger partial charge on any atom is 0.253 e. The maximum atomic E-state index is 11.8. The molecule has 1 aromatic heterocycles. The highest BCUT2D eigenvalue weighted by Gasteiger charge is 2.12. The standard InChI is InChI=1S/C12H15N3O2/c1-7(16)5-15-12(17)10-6-14-11-4-8(13)2-3-9(10)11/h2-4,6-7,14,16H,5,13H2,1H3,(H,15,17)/t7-/m1/s1. The van der Waals surface area contributed by atoms with Crippen molar-refractivity contribution in [3.8, 4) is 0 Å². The molecule has 17 heavy (non-hydrogen) atoms. The molecule has 0 aliphatic heterocycles. The lowest BCUT2D eigenvalue weighted by molar-refractivity contribution is 0.0925. The predicted octanol–water partition coefficient (Wildman–Crippen LogP) is 0.861. The molecular weight excluding hydrogens is 218 g/mol. The minimum Gasteiger partial charge on any atom is -0.399 e. The fourth-order valence-corrected chi connectivity index (χ4v) is 1.67. The number of H-pyrrole nitrogens is 1. The highest BCUT2D eigenvalue weighted by atomic mass is 16.3. The third-order valence-electron chi connectivity index (χ3n) is 2.51. The van der Waals surface area contributed by atoms with Crippen LogP contribution in [0.4, 0.5) is 5.69 Å². The van der Waals surface area contributed by atoms with Gasteiger partial charge >= 0.3 is 0 Å². The lowest BCUT2D eigenvalue weighted by atomic mass is 10.1. The number of nitrogen functional groups attached to an aromatic ring is 1. The quantitative estimate of drug-likeness (QED) is 0.592. The number of rotatable bonds is 3. The molecule has 1 amide bonds. The van der Waals surface area contributed by atoms with Gasteiger partial charge in [-0.2, -0.15) is 0 Å². The van der Waals surface area contributed by atoms with Crippen LogP contribution in [0.25, 0.3) is 10.9 Å². The summed E-state index contributed by atoms with van der Waals surface area (Å²) in [5, 5.41) is 12.6. The summed E-state index contributed by atoms with van der Waals surface area (Å²) in [5.41, 5.74) is 7.68. The van der Waals surface area contributed by atoms with Crippen LogP contribution >= 0.6 is 0 Å². The van der Waals surface area contributed by atoms with E-state index in [2.05, 4.69) is 10.3 Å². The van der Waals surface area contributed by atoms with Gasteiger partial charge in [0.05, 0.1) is 11.7 Å². The number of aliphatic hydroxyl groups excluding tert-OH is 1. The molecule has 90 valence electrons. The molecule has 0 aliphatic carbocycles. The Morgan fingerprint density at radius 2 is 2.35 bits per heavy atom. The zero-order valence-electron chi connectivity index (χ0n) is 9.53. The number of carbonyl (C=O) groups excluding carboxylic acids is 1. The Morgan fingerprint density at radius 1 is 1.59 bits per heavy atom. The van der Waals surface area contributed by atoms with E-state index in [9.17, 15) is 4.79 Å². The topological polar surface area (TPSA) is 91.1 Å². The van der Waals surface area contributed by atoms with E-state index in [-0.39, 0.29) is 12.5 Å². The lowest BCUT2D eigenvalue weighted by Gasteiger charge is -2.06. The molecule has 1 atom stereocenters. The van der Waals surface area contributed by atoms with Crippen LogP contribution in [0.1, 0.15) is 17.3 Å². The Bertz CT molecular complexity index is 546. The number of carbonyl (C=O) groups is 1. The van der Waals surface area contributed by atoms with E-state index in [1.165, 1.54) is 0 Å². The van der Waals surface area contributed by atoms with Crippen LogP contribution in [0, 0.1) is 0 Å². The minimum absolute atomic E-state index is 0.207. The summed E-state index contributed by atoms with van der Waals surface area (Å²) >= 11 is 0. The molecule has 0 unspecified atom stereocenters. The number of amides is 1. The molecule has 2 aromatic rings. The number of aliphatic hydroxyl groups is 1. The van der Waals surface area contributed by atoms with Crippen LogP contribution in [0.5, 0.6) is 0 Å². The van der Waals surface area contributed by atoms with Gasteiger partial charge in [-0.3, -0.25) is 4.79 Å². The van der Waals surface area contributed by atoms with E-state index in [1.807, 2.05) is 0 Å². The summed E-state index contributed by atoms with van der Waals surface area (Å²) in [7, 11) is 0. The van der Waals surface area contributed by atoms with Gasteiger partial charge in [-0.15, -0.1) is 0 Å². The van der Waals surface area contributed by atoms with Gasteiger partial charge in [0, 0.05) is 29.3 Å². The van der Waals surface area contributed by atoms with Crippen molar-refractivity contribution < 1.29 is 9.90 Å². The van der Waals surface area contributed by atoms with Gasteiger partial charge in [-0.1, -0.05) is 0 Å². The van der Waals surface area contributed by atoms with Crippen molar-refractivity contribution in [2.75, 3.05) is 12.3 Å². The number of aromatic amines is 1. The Kier molecular flexibility index (Phi) is 3.01. The van der Waals surface area contributed by atoms with Crippen LogP contribution in [-0.4, -0.2) is 28.6 Å². The van der Waals surface area contributed by atoms with Gasteiger partial charge < -0.3 is 21.1 Å². The summed E-state index contributed by atoms with van der Waals surface area (Å²) in [6.45, 7) is 1.86. The van der Waals surface area contributed by atoms with Crippen LogP contribution in [0.15, 0.2) is 24.4 Å². The minimum atomic E-state index is -0.556. The number of nitrogens with one attached hydrogen (secondary N) is 2. The Hall–Kier alpha value is -2.01. The molecule has 5 heteroatoms. The van der Waals surface area contributed by atoms with E-state index in [4.69, 9.17) is 10.8 Å². The zero-order chi connectivity index (χ0) is 12.4. The number of nitrogens with two attached hydrogens (primary N) is 1. The first-order chi connectivity index (χ1) is 8.08. The summed E-state index contributed by atoms with van der Waals surface area (Å²) in [4.78, 5) is 14.8. The average Bonchev–Trinajstić information content (AvgIpc) is 2.68. The van der Waals surface area contributed by atoms with Crippen LogP contribution in [-0.2, 0) is 0 Å². The highest BCUT2D eigenvalue weighted by molar-refractivity contribution is 6.07. The summed E-state index contributed by atoms with van der Waals surface area (Å²) < 4.78 is 0. The molecule has 0 spiro atoms. The van der Waals surface area contributed by atoms with Crippen LogP contribution in [0.2, 0.25) is 0 Å². The van der Waals surface area contributed by atoms with Crippen molar-refractivity contribution in [1.82, 2.24) is 10.3 Å². The molecule has 0 radical (unpaired) electrons. The van der Waals surface area contributed by atoms with E-state index in [0.29, 0.717) is 11.3 Å². The summed E-state index contributed by atoms with van der Waals surface area (Å²) in [6, 6.07) is 5.33. The summed E-state index contributed by atoms with van der Waals surface area (Å²) in [5.74, 6) is -0.207. The Labute approximate surface area is 98.6 Å². The number of fused-ring (bicyclic) bond motifs is 1. The van der Waals surface area contributed by atoms with Crippen molar-refractivity contribution in [1.29, 1.82) is 0 Å². The van der Waals surface area contributed by atoms with Crippen LogP contribution < -0.4 is 11.1 Å². The van der Waals surface area contributed by atoms with Crippen molar-refractivity contribution in [2.24, 2.45) is 0 Å². The van der Waals surface area contributed by atoms with Gasteiger partial charge in [0.15, 0.2) is 0 Å². The van der Waals surface area contributed by atoms with Gasteiger partial charge in [0.2, 0.25) is 0 Å². The molecule has 1 aromatic carbocycles. The first-order valence-corrected chi connectivity index (χ1v) is 5.41. The normalized spacial score (nSPS) is 12.6. The largest absolute Gasteiger partial charge is 0.399 e. The fourth-order valence-electron chi connectivity index (χ4n) is 1.67. The molecule has 5 N–H and O–H groups in total. The Morgan fingerprint density at radius 3 is 3.06 bits per heavy atom. The van der Waals surface area contributed by atoms with Gasteiger partial charge in [-0.05, 0) is 25.1 Å². The zero-order valence-corrected chi connectivity index (χ0v) is 9.53. The van der Waals surface area contributed by atoms with Gasteiger partial charge in [0.1, 0.15) is 0 Å². The molecule has 0 saturated heterocycles. The average molecular weight is 233 g/mol. The lowest BCUT2D eigenvalue weighted by Crippen LogP contribution is -2.30. The third-order valence-corrected chi connectivity index (χ3v) is 2.51. The van der Waals surface area contributed by atoms with Gasteiger partial charge in [-0.25, -0.2) is 0 Å². The van der Waals surface area contributed by atoms with Crippen molar-refractivity contribution in [2.45, 2.75) is 13.0 Å². The first kappa shape index (κ1) is 11.5. The summed E-state index contributed by atoms with van der Waals surface area (Å²) in [6.07, 6.45) is 1.08. The second kappa shape index (κ2) is 4.47. The van der Waals surface area contributed by atoms with E-state index < -0.39 is 6.10 Å². The Balaban J connectivity index is 2.27. The van der Waals surface area contributed by atoms with E-state index in [1.54, 1.807) is 31.3 Å². The van der Waals surface area contributed by atoms with Gasteiger partial charge in [0.25, 0.3) is 5.91 Å². The fraction of sp³-hybridized carbons (Fsp3) is 0.250. The number of aromatic nitrogens is 1. The second-order valence-corrected chi connectivity index (χ2v) is 4.07. The molecule has 5 nitrogen and oxygen atoms in total. The molecule has 2 rings (SSSR count). The highest BCUT2D eigenvalue weighted by Crippen LogP contribution is 2.20. The predicted molar refractivity (Wildman–Crippen MR) is 66.7 cm³/mol. The number of hydrogen-bond donors (Lipinski definition) is 4. The molecule has 0 bridgehead atoms. The molecule has 0 fully saturated rings. The van der Waals surface area contributed by atoms with E-state index in [0.717, 1.165) is 10.9 Å². The first-order valence-electron chi connectivity index (χ1n) is 5.41. The van der Waals surface area contributed by atoms with E-state index >= 15 is 0 Å². The molecule has 1 heterocycles. The monoisotopic (exact) mass is 233 g/mol. The molecular formula is C12H15N3O2. The number of anilines is 1. The second-order valence-electron chi connectivity index (χ2n) is 4.07. The number of benzene rings is 1. The number of hydrogen-bond acceptors (Lipinski definition) is 3. The van der Waals surface area contributed by atoms with Crippen molar-refractivity contribution in [3.63, 3.8) is 0 Å². The molecule has 0 saturated carbocycles. The SMILES string of the molecule is C[C@@H](O)CNC(=O)c1c[nH]c2cc(N)ccc12. The van der Waals surface area contributed by atoms with Crippen LogP contribution in [0.3, 0.4) is 0 Å². The smallest absolute Gasteiger partial charge is 0.253 e. The van der Waals surface area contributed by atoms with Crippen molar-refractivity contribution >= 4 is 22.5 Å². The third kappa shape index (κ3) is 2.39. The maximum absolute atomic E-state index is 11.8. The van der Waals surface area contributed by atoms with Crippen molar-refractivity contribution in [3.05, 3.63) is 30.0 Å².